The molecule has 1 N–H and O–H groups in total. The molecule has 0 fully saturated rings. The van der Waals surface area contributed by atoms with Crippen LogP contribution in [0.2, 0.25) is 0 Å². The van der Waals surface area contributed by atoms with Gasteiger partial charge in [0.25, 0.3) is 0 Å². The summed E-state index contributed by atoms with van der Waals surface area (Å²) in [6.07, 6.45) is 10.9. The molecule has 0 aromatic carbocycles. The molecule has 0 bridgehead atoms. The van der Waals surface area contributed by atoms with Crippen LogP contribution in [0.1, 0.15) is 92.4 Å². The van der Waals surface area contributed by atoms with E-state index in [0.29, 0.717) is 5.75 Å². The molecule has 146 valence electrons. The summed E-state index contributed by atoms with van der Waals surface area (Å²) >= 11 is 7.09. The van der Waals surface area contributed by atoms with Crippen LogP contribution in [0.15, 0.2) is 0 Å². The second kappa shape index (κ2) is 15.0. The van der Waals surface area contributed by atoms with Crippen molar-refractivity contribution in [3.63, 3.8) is 0 Å². The molecule has 1 atom stereocenters. The number of aliphatic hydroxyl groups excluding tert-OH is 1. The Labute approximate surface area is 159 Å². The molecule has 0 aliphatic rings. The Balaban J connectivity index is 3.88. The molecule has 0 aliphatic carbocycles. The van der Waals surface area contributed by atoms with Crippen LogP contribution in [0.3, 0.4) is 0 Å². The highest BCUT2D eigenvalue weighted by Gasteiger charge is 2.24. The monoisotopic (exact) mass is 398 g/mol. The maximum absolute atomic E-state index is 10.2. The van der Waals surface area contributed by atoms with Gasteiger partial charge in [-0.05, 0) is 45.9 Å². The van der Waals surface area contributed by atoms with Crippen LogP contribution < -0.4 is 0 Å². The first-order valence-corrected chi connectivity index (χ1v) is 13.8. The van der Waals surface area contributed by atoms with Crippen molar-refractivity contribution in [3.05, 3.63) is 0 Å². The summed E-state index contributed by atoms with van der Waals surface area (Å²) in [5, 5.41) is 10.2. The van der Waals surface area contributed by atoms with E-state index in [1.807, 2.05) is 27.7 Å². The van der Waals surface area contributed by atoms with Gasteiger partial charge in [0, 0.05) is 5.75 Å². The van der Waals surface area contributed by atoms with Gasteiger partial charge in [0.05, 0.1) is 18.3 Å². The topological polar surface area (TPSA) is 38.7 Å². The molecule has 0 rings (SSSR count). The molecule has 0 heterocycles. The Morgan fingerprint density at radius 3 is 1.79 bits per heavy atom. The molecular formula is C18H39O3PS2. The molecule has 0 aromatic rings. The zero-order valence-corrected chi connectivity index (χ0v) is 18.9. The lowest BCUT2D eigenvalue weighted by Crippen LogP contribution is -2.12. The quantitative estimate of drug-likeness (QED) is 0.232. The fraction of sp³-hybridized carbons (Fsp3) is 1.00. The van der Waals surface area contributed by atoms with E-state index in [1.54, 1.807) is 0 Å². The minimum Gasteiger partial charge on any atom is -0.392 e. The number of unbranched alkanes of at least 4 members (excludes halogenated alkanes) is 7. The summed E-state index contributed by atoms with van der Waals surface area (Å²) < 4.78 is 11.7. The van der Waals surface area contributed by atoms with Gasteiger partial charge in [-0.3, -0.25) is 0 Å². The first kappa shape index (κ1) is 24.9. The summed E-state index contributed by atoms with van der Waals surface area (Å²) in [5.41, 5.74) is -2.36. The predicted octanol–water partition coefficient (Wildman–Crippen LogP) is 6.69. The SMILES string of the molecule is CCCCCCCCCCC(O)CSP(=S)(OC(C)C)OC(C)C. The Hall–Kier alpha value is 0.880. The molecule has 0 saturated heterocycles. The third-order valence-corrected chi connectivity index (χ3v) is 9.08. The summed E-state index contributed by atoms with van der Waals surface area (Å²) in [7, 11) is 0. The largest absolute Gasteiger partial charge is 0.392 e. The minimum absolute atomic E-state index is 0.0481. The van der Waals surface area contributed by atoms with Gasteiger partial charge in [-0.25, -0.2) is 0 Å². The van der Waals surface area contributed by atoms with Crippen molar-refractivity contribution in [2.75, 3.05) is 5.75 Å². The van der Waals surface area contributed by atoms with Crippen molar-refractivity contribution < 1.29 is 14.2 Å². The molecule has 6 heteroatoms. The summed E-state index contributed by atoms with van der Waals surface area (Å²) in [5.74, 6) is 0.604. The number of aliphatic hydroxyl groups is 1. The van der Waals surface area contributed by atoms with Crippen LogP contribution in [0.25, 0.3) is 0 Å². The molecule has 0 aliphatic heterocycles. The van der Waals surface area contributed by atoms with E-state index in [0.717, 1.165) is 12.8 Å². The maximum Gasteiger partial charge on any atom is 0.247 e. The van der Waals surface area contributed by atoms with E-state index in [-0.39, 0.29) is 18.3 Å². The molecule has 0 spiro atoms. The van der Waals surface area contributed by atoms with Crippen molar-refractivity contribution in [1.29, 1.82) is 0 Å². The van der Waals surface area contributed by atoms with Crippen LogP contribution in [0.5, 0.6) is 0 Å². The van der Waals surface area contributed by atoms with E-state index in [2.05, 4.69) is 6.92 Å². The summed E-state index contributed by atoms with van der Waals surface area (Å²) in [6.45, 7) is 10.1. The second-order valence-corrected chi connectivity index (χ2v) is 13.2. The molecule has 1 unspecified atom stereocenters. The van der Waals surface area contributed by atoms with E-state index in [1.165, 1.54) is 56.3 Å². The average molecular weight is 399 g/mol. The molecule has 24 heavy (non-hydrogen) atoms. The highest BCUT2D eigenvalue weighted by Crippen LogP contribution is 2.62. The smallest absolute Gasteiger partial charge is 0.247 e. The molecule has 0 radical (unpaired) electrons. The Morgan fingerprint density at radius 1 is 0.875 bits per heavy atom. The molecule has 3 nitrogen and oxygen atoms in total. The van der Waals surface area contributed by atoms with E-state index in [9.17, 15) is 5.11 Å². The van der Waals surface area contributed by atoms with Crippen molar-refractivity contribution in [2.24, 2.45) is 0 Å². The number of hydrogen-bond donors (Lipinski definition) is 1. The van der Waals surface area contributed by atoms with Gasteiger partial charge in [0.1, 0.15) is 0 Å². The summed E-state index contributed by atoms with van der Waals surface area (Å²) in [6, 6.07) is 0. The van der Waals surface area contributed by atoms with Crippen LogP contribution in [0, 0.1) is 0 Å². The average Bonchev–Trinajstić information content (AvgIpc) is 2.46. The lowest BCUT2D eigenvalue weighted by molar-refractivity contribution is 0.180. The van der Waals surface area contributed by atoms with Crippen LogP contribution in [-0.4, -0.2) is 29.2 Å². The van der Waals surface area contributed by atoms with Gasteiger partial charge < -0.3 is 14.2 Å². The normalized spacial score (nSPS) is 13.8. The van der Waals surface area contributed by atoms with Crippen molar-refractivity contribution in [3.8, 4) is 0 Å². The lowest BCUT2D eigenvalue weighted by Gasteiger charge is -2.26. The molecule has 0 saturated carbocycles. The predicted molar refractivity (Wildman–Crippen MR) is 112 cm³/mol. The van der Waals surface area contributed by atoms with E-state index < -0.39 is 5.69 Å². The van der Waals surface area contributed by atoms with Gasteiger partial charge in [0.15, 0.2) is 0 Å². The van der Waals surface area contributed by atoms with Crippen molar-refractivity contribution >= 4 is 28.9 Å². The highest BCUT2D eigenvalue weighted by atomic mass is 32.9. The van der Waals surface area contributed by atoms with Crippen LogP contribution in [0.4, 0.5) is 0 Å². The minimum atomic E-state index is -2.36. The van der Waals surface area contributed by atoms with Gasteiger partial charge in [-0.1, -0.05) is 69.7 Å². The van der Waals surface area contributed by atoms with Gasteiger partial charge >= 0.3 is 0 Å². The third-order valence-electron chi connectivity index (χ3n) is 3.50. The zero-order valence-electron chi connectivity index (χ0n) is 16.3. The van der Waals surface area contributed by atoms with Gasteiger partial charge in [0.2, 0.25) is 5.69 Å². The first-order chi connectivity index (χ1) is 11.3. The molecule has 0 aromatic heterocycles. The second-order valence-electron chi connectivity index (χ2n) is 6.97. The fourth-order valence-electron chi connectivity index (χ4n) is 2.38. The highest BCUT2D eigenvalue weighted by molar-refractivity contribution is 8.67. The maximum atomic E-state index is 10.2. The zero-order chi connectivity index (χ0) is 18.4. The lowest BCUT2D eigenvalue weighted by atomic mass is 10.1. The standard InChI is InChI=1S/C18H39O3PS2/c1-6-7-8-9-10-11-12-13-14-18(19)15-24-22(23,20-16(2)3)21-17(4)5/h16-19H,6-15H2,1-5H3. The van der Waals surface area contributed by atoms with Crippen LogP contribution in [-0.2, 0) is 20.9 Å². The third kappa shape index (κ3) is 15.2. The Kier molecular flexibility index (Phi) is 15.5. The van der Waals surface area contributed by atoms with Crippen molar-refractivity contribution in [1.82, 2.24) is 0 Å². The number of rotatable bonds is 16. The summed E-state index contributed by atoms with van der Waals surface area (Å²) in [4.78, 5) is 0. The van der Waals surface area contributed by atoms with Crippen molar-refractivity contribution in [2.45, 2.75) is 111 Å². The fourth-order valence-corrected chi connectivity index (χ4v) is 8.14. The molecule has 0 amide bonds. The van der Waals surface area contributed by atoms with E-state index in [4.69, 9.17) is 20.9 Å². The van der Waals surface area contributed by atoms with E-state index >= 15 is 0 Å². The number of hydrogen-bond acceptors (Lipinski definition) is 5. The Morgan fingerprint density at radius 2 is 1.33 bits per heavy atom. The first-order valence-electron chi connectivity index (χ1n) is 9.58. The Bertz CT molecular complexity index is 324. The van der Waals surface area contributed by atoms with Gasteiger partial charge in [-0.15, -0.1) is 0 Å². The molecular weight excluding hydrogens is 359 g/mol. The van der Waals surface area contributed by atoms with Crippen LogP contribution >= 0.6 is 17.1 Å². The van der Waals surface area contributed by atoms with Gasteiger partial charge in [-0.2, -0.15) is 0 Å².